The monoisotopic (exact) mass is 351 g/mol. The predicted octanol–water partition coefficient (Wildman–Crippen LogP) is 0.894. The van der Waals surface area contributed by atoms with Crippen LogP contribution in [0.4, 0.5) is 10.1 Å². The first-order chi connectivity index (χ1) is 12.1. The number of carbonyl (C=O) groups excluding carboxylic acids is 1. The molecule has 0 aromatic heterocycles. The van der Waals surface area contributed by atoms with Gasteiger partial charge < -0.3 is 25.6 Å². The highest BCUT2D eigenvalue weighted by Gasteiger charge is 2.34. The van der Waals surface area contributed by atoms with Crippen LogP contribution in [0, 0.1) is 5.82 Å². The first-order valence-electron chi connectivity index (χ1n) is 8.22. The van der Waals surface area contributed by atoms with Gasteiger partial charge in [0.2, 0.25) is 12.7 Å². The second-order valence-corrected chi connectivity index (χ2v) is 6.17. The normalized spacial score (nSPS) is 19.7. The Balaban J connectivity index is 1.61. The lowest BCUT2D eigenvalue weighted by Gasteiger charge is -2.36. The number of halogens is 1. The van der Waals surface area contributed by atoms with E-state index >= 15 is 0 Å². The molecule has 1 aromatic carbocycles. The summed E-state index contributed by atoms with van der Waals surface area (Å²) in [7, 11) is 0. The van der Waals surface area contributed by atoms with E-state index in [0.29, 0.717) is 24.4 Å². The average Bonchev–Trinajstić information content (AvgIpc) is 3.12. The van der Waals surface area contributed by atoms with E-state index in [1.54, 1.807) is 6.07 Å². The zero-order chi connectivity index (χ0) is 17.8. The van der Waals surface area contributed by atoms with Gasteiger partial charge >= 0.3 is 0 Å². The van der Waals surface area contributed by atoms with Crippen molar-refractivity contribution in [3.05, 3.63) is 41.6 Å². The molecule has 0 spiro atoms. The number of hydrogen-bond donors (Lipinski definition) is 3. The third kappa shape index (κ3) is 4.02. The van der Waals surface area contributed by atoms with Crippen molar-refractivity contribution in [2.75, 3.05) is 25.2 Å². The van der Waals surface area contributed by atoms with E-state index in [-0.39, 0.29) is 25.3 Å². The maximum atomic E-state index is 13.3. The van der Waals surface area contributed by atoms with Gasteiger partial charge in [-0.3, -0.25) is 9.69 Å². The van der Waals surface area contributed by atoms with E-state index in [1.165, 1.54) is 18.4 Å². The number of nitrogens with zero attached hydrogens (tertiary/aromatic N) is 1. The molecule has 3 rings (SSSR count). The molecule has 2 heterocycles. The van der Waals surface area contributed by atoms with Crippen LogP contribution in [0.5, 0.6) is 0 Å². The van der Waals surface area contributed by atoms with Crippen molar-refractivity contribution < 1.29 is 23.8 Å². The molecule has 25 heavy (non-hydrogen) atoms. The number of likely N-dealkylation sites (tertiary alicyclic amines) is 1. The summed E-state index contributed by atoms with van der Waals surface area (Å²) >= 11 is 0. The number of hydrogen-bond acceptors (Lipinski definition) is 6. The summed E-state index contributed by atoms with van der Waals surface area (Å²) in [5, 5.41) is 12.7. The summed E-state index contributed by atoms with van der Waals surface area (Å²) < 4.78 is 23.6. The highest BCUT2D eigenvalue weighted by Crippen LogP contribution is 2.25. The van der Waals surface area contributed by atoms with Gasteiger partial charge in [-0.25, -0.2) is 4.39 Å². The van der Waals surface area contributed by atoms with Crippen molar-refractivity contribution in [3.8, 4) is 0 Å². The zero-order valence-electron chi connectivity index (χ0n) is 13.8. The van der Waals surface area contributed by atoms with Crippen molar-refractivity contribution in [3.63, 3.8) is 0 Å². The number of primary amides is 1. The number of amides is 1. The Morgan fingerprint density at radius 1 is 1.44 bits per heavy atom. The van der Waals surface area contributed by atoms with Crippen LogP contribution in [0.25, 0.3) is 0 Å². The smallest absolute Gasteiger partial charge is 0.242 e. The topological polar surface area (TPSA) is 97.1 Å². The van der Waals surface area contributed by atoms with E-state index < -0.39 is 11.9 Å². The minimum Gasteiger partial charge on any atom is -0.462 e. The van der Waals surface area contributed by atoms with Crippen LogP contribution in [0.1, 0.15) is 18.4 Å². The lowest BCUT2D eigenvalue weighted by Crippen LogP contribution is -2.51. The van der Waals surface area contributed by atoms with Crippen LogP contribution in [-0.2, 0) is 20.9 Å². The first-order valence-corrected chi connectivity index (χ1v) is 8.22. The fraction of sp³-hybridized carbons (Fsp3) is 0.471. The lowest BCUT2D eigenvalue weighted by atomic mass is 10.0. The molecule has 0 bridgehead atoms. The van der Waals surface area contributed by atoms with E-state index in [0.717, 1.165) is 18.5 Å². The van der Waals surface area contributed by atoms with Crippen molar-refractivity contribution in [1.82, 2.24) is 4.90 Å². The van der Waals surface area contributed by atoms with Gasteiger partial charge in [-0.2, -0.15) is 0 Å². The highest BCUT2D eigenvalue weighted by molar-refractivity contribution is 5.82. The number of aliphatic hydroxyl groups is 1. The molecule has 0 saturated carbocycles. The molecule has 1 amide bonds. The second kappa shape index (κ2) is 7.71. The van der Waals surface area contributed by atoms with Gasteiger partial charge in [0.1, 0.15) is 12.1 Å². The molecule has 1 atom stereocenters. The molecule has 1 saturated heterocycles. The lowest BCUT2D eigenvalue weighted by molar-refractivity contribution is -0.123. The maximum Gasteiger partial charge on any atom is 0.242 e. The summed E-state index contributed by atoms with van der Waals surface area (Å²) in [6, 6.07) is 3.86. The SMILES string of the molecule is NC(=O)C(C1=COCO1)N1CCC(Nc2ccc(F)cc2CO)CC1. The average molecular weight is 351 g/mol. The van der Waals surface area contributed by atoms with Crippen LogP contribution < -0.4 is 11.1 Å². The molecular weight excluding hydrogens is 329 g/mol. The Labute approximate surface area is 145 Å². The molecule has 0 radical (unpaired) electrons. The fourth-order valence-corrected chi connectivity index (χ4v) is 3.25. The fourth-order valence-electron chi connectivity index (χ4n) is 3.25. The van der Waals surface area contributed by atoms with Crippen molar-refractivity contribution in [2.45, 2.75) is 31.5 Å². The quantitative estimate of drug-likeness (QED) is 0.704. The summed E-state index contributed by atoms with van der Waals surface area (Å²) in [6.45, 7) is 1.18. The largest absolute Gasteiger partial charge is 0.462 e. The van der Waals surface area contributed by atoms with Crippen molar-refractivity contribution in [2.24, 2.45) is 5.73 Å². The zero-order valence-corrected chi connectivity index (χ0v) is 13.8. The molecule has 0 aliphatic carbocycles. The van der Waals surface area contributed by atoms with Gasteiger partial charge in [0, 0.05) is 30.4 Å². The molecule has 1 fully saturated rings. The number of aliphatic hydroxyl groups excluding tert-OH is 1. The minimum absolute atomic E-state index is 0.103. The Hall–Kier alpha value is -2.32. The van der Waals surface area contributed by atoms with E-state index in [9.17, 15) is 14.3 Å². The number of benzene rings is 1. The number of rotatable bonds is 6. The number of ether oxygens (including phenoxy) is 2. The molecule has 4 N–H and O–H groups in total. The molecule has 1 unspecified atom stereocenters. The summed E-state index contributed by atoms with van der Waals surface area (Å²) in [6.07, 6.45) is 2.99. The predicted molar refractivity (Wildman–Crippen MR) is 88.6 cm³/mol. The van der Waals surface area contributed by atoms with Crippen LogP contribution >= 0.6 is 0 Å². The molecule has 7 nitrogen and oxygen atoms in total. The third-order valence-electron chi connectivity index (χ3n) is 4.52. The van der Waals surface area contributed by atoms with Gasteiger partial charge in [0.05, 0.1) is 6.61 Å². The van der Waals surface area contributed by atoms with E-state index in [1.807, 2.05) is 4.90 Å². The Morgan fingerprint density at radius 3 is 2.80 bits per heavy atom. The molecule has 8 heteroatoms. The number of piperidine rings is 1. The van der Waals surface area contributed by atoms with Crippen molar-refractivity contribution in [1.29, 1.82) is 0 Å². The molecule has 2 aliphatic heterocycles. The number of nitrogens with two attached hydrogens (primary N) is 1. The number of carbonyl (C=O) groups is 1. The van der Waals surface area contributed by atoms with Crippen LogP contribution in [-0.4, -0.2) is 47.9 Å². The van der Waals surface area contributed by atoms with Gasteiger partial charge in [-0.1, -0.05) is 0 Å². The van der Waals surface area contributed by atoms with Gasteiger partial charge in [0.25, 0.3) is 0 Å². The van der Waals surface area contributed by atoms with Crippen LogP contribution in [0.2, 0.25) is 0 Å². The third-order valence-corrected chi connectivity index (χ3v) is 4.52. The molecule has 1 aromatic rings. The maximum absolute atomic E-state index is 13.3. The van der Waals surface area contributed by atoms with Gasteiger partial charge in [-0.05, 0) is 31.0 Å². The molecule has 2 aliphatic rings. The summed E-state index contributed by atoms with van der Waals surface area (Å²) in [4.78, 5) is 13.8. The van der Waals surface area contributed by atoms with Gasteiger partial charge in [-0.15, -0.1) is 0 Å². The van der Waals surface area contributed by atoms with Gasteiger partial charge in [0.15, 0.2) is 11.8 Å². The molecule has 136 valence electrons. The minimum atomic E-state index is -0.623. The van der Waals surface area contributed by atoms with E-state index in [2.05, 4.69) is 5.32 Å². The Morgan fingerprint density at radius 2 is 2.20 bits per heavy atom. The molecular formula is C17H22FN3O4. The number of anilines is 1. The van der Waals surface area contributed by atoms with Crippen LogP contribution in [0.15, 0.2) is 30.2 Å². The van der Waals surface area contributed by atoms with E-state index in [4.69, 9.17) is 15.2 Å². The Kier molecular flexibility index (Phi) is 5.40. The highest BCUT2D eigenvalue weighted by atomic mass is 19.1. The standard InChI is InChI=1S/C17H22FN3O4/c18-12-1-2-14(11(7-12)8-22)20-13-3-5-21(6-4-13)16(17(19)23)15-9-24-10-25-15/h1-2,7,9,13,16,20,22H,3-6,8,10H2,(H2,19,23). The second-order valence-electron chi connectivity index (χ2n) is 6.17. The van der Waals surface area contributed by atoms with Crippen LogP contribution in [0.3, 0.4) is 0 Å². The Bertz CT molecular complexity index is 659. The number of nitrogens with one attached hydrogen (secondary N) is 1. The summed E-state index contributed by atoms with van der Waals surface area (Å²) in [5.41, 5.74) is 6.77. The first kappa shape index (κ1) is 17.5. The van der Waals surface area contributed by atoms with Crippen molar-refractivity contribution >= 4 is 11.6 Å². The summed E-state index contributed by atoms with van der Waals surface area (Å²) in [5.74, 6) is -0.398.